The zero-order chi connectivity index (χ0) is 13.3. The van der Waals surface area contributed by atoms with Crippen LogP contribution in [-0.2, 0) is 0 Å². The summed E-state index contributed by atoms with van der Waals surface area (Å²) in [5.41, 5.74) is 10.7. The first-order valence-corrected chi connectivity index (χ1v) is 6.46. The molecule has 4 N–H and O–H groups in total. The van der Waals surface area contributed by atoms with Gasteiger partial charge < -0.3 is 16.4 Å². The number of hydrogen-bond donors (Lipinski definition) is 3. The minimum absolute atomic E-state index is 0.119. The van der Waals surface area contributed by atoms with Crippen molar-refractivity contribution in [3.8, 4) is 0 Å². The molecule has 1 heterocycles. The van der Waals surface area contributed by atoms with E-state index in [9.17, 15) is 0 Å². The summed E-state index contributed by atoms with van der Waals surface area (Å²) >= 11 is 0. The van der Waals surface area contributed by atoms with Gasteiger partial charge in [0.15, 0.2) is 0 Å². The van der Waals surface area contributed by atoms with Crippen molar-refractivity contribution in [2.45, 2.75) is 39.3 Å². The minimum Gasteiger partial charge on any atom is -0.398 e. The Balaban J connectivity index is 2.20. The quantitative estimate of drug-likeness (QED) is 0.750. The van der Waals surface area contributed by atoms with Crippen LogP contribution >= 0.6 is 0 Å². The molecule has 1 unspecified atom stereocenters. The van der Waals surface area contributed by atoms with Crippen molar-refractivity contribution in [3.63, 3.8) is 0 Å². The molecular weight excluding hydrogens is 222 g/mol. The normalized spacial score (nSPS) is 19.4. The van der Waals surface area contributed by atoms with Gasteiger partial charge in [-0.05, 0) is 39.3 Å². The molecular formula is C15H23N3. The number of anilines is 1. The third-order valence-corrected chi connectivity index (χ3v) is 3.33. The van der Waals surface area contributed by atoms with Crippen molar-refractivity contribution < 1.29 is 0 Å². The molecule has 0 aromatic heterocycles. The van der Waals surface area contributed by atoms with Crippen molar-refractivity contribution >= 4 is 11.4 Å². The predicted octanol–water partition coefficient (Wildman–Crippen LogP) is 2.56. The maximum Gasteiger partial charge on any atom is 0.0619 e. The van der Waals surface area contributed by atoms with Gasteiger partial charge in [0.1, 0.15) is 0 Å². The van der Waals surface area contributed by atoms with Crippen LogP contribution in [0.1, 0.15) is 33.3 Å². The molecule has 2 rings (SSSR count). The van der Waals surface area contributed by atoms with E-state index in [0.29, 0.717) is 0 Å². The lowest BCUT2D eigenvalue weighted by Gasteiger charge is -2.32. The number of fused-ring (bicyclic) bond motifs is 1. The second-order valence-electron chi connectivity index (χ2n) is 5.97. The largest absolute Gasteiger partial charge is 0.398 e. The van der Waals surface area contributed by atoms with Crippen LogP contribution in [0.15, 0.2) is 29.8 Å². The Labute approximate surface area is 109 Å². The van der Waals surface area contributed by atoms with Gasteiger partial charge >= 0.3 is 0 Å². The lowest BCUT2D eigenvalue weighted by Crippen LogP contribution is -2.45. The molecule has 0 saturated carbocycles. The number of benzene rings is 1. The fraction of sp³-hybridized carbons (Fsp3) is 0.467. The Bertz CT molecular complexity index is 469. The summed E-state index contributed by atoms with van der Waals surface area (Å²) in [4.78, 5) is 0. The van der Waals surface area contributed by atoms with Crippen LogP contribution in [0.4, 0.5) is 5.69 Å². The van der Waals surface area contributed by atoms with Gasteiger partial charge in [-0.1, -0.05) is 18.2 Å². The van der Waals surface area contributed by atoms with Gasteiger partial charge in [0.25, 0.3) is 0 Å². The Hall–Kier alpha value is -1.48. The Morgan fingerprint density at radius 2 is 1.94 bits per heavy atom. The Morgan fingerprint density at radius 1 is 1.28 bits per heavy atom. The Morgan fingerprint density at radius 3 is 2.61 bits per heavy atom. The molecule has 1 atom stereocenters. The van der Waals surface area contributed by atoms with Crippen molar-refractivity contribution in [2.75, 3.05) is 11.9 Å². The number of hydrogen-bond acceptors (Lipinski definition) is 3. The molecule has 18 heavy (non-hydrogen) atoms. The van der Waals surface area contributed by atoms with Crippen LogP contribution in [0.3, 0.4) is 0 Å². The molecule has 1 aromatic rings. The number of nitrogens with two attached hydrogens (primary N) is 1. The minimum atomic E-state index is 0.119. The van der Waals surface area contributed by atoms with E-state index in [1.807, 2.05) is 12.1 Å². The van der Waals surface area contributed by atoms with Crippen LogP contribution in [-0.4, -0.2) is 18.1 Å². The van der Waals surface area contributed by atoms with Crippen LogP contribution in [0.2, 0.25) is 0 Å². The van der Waals surface area contributed by atoms with Crippen LogP contribution in [0, 0.1) is 0 Å². The van der Waals surface area contributed by atoms with Gasteiger partial charge in [-0.2, -0.15) is 0 Å². The van der Waals surface area contributed by atoms with Crippen molar-refractivity contribution in [3.05, 3.63) is 35.4 Å². The molecule has 1 aromatic carbocycles. The maximum atomic E-state index is 6.23. The van der Waals surface area contributed by atoms with E-state index in [2.05, 4.69) is 50.5 Å². The summed E-state index contributed by atoms with van der Waals surface area (Å²) in [5, 5.41) is 7.07. The van der Waals surface area contributed by atoms with Gasteiger partial charge in [-0.25, -0.2) is 0 Å². The molecule has 98 valence electrons. The van der Waals surface area contributed by atoms with E-state index in [1.54, 1.807) is 0 Å². The van der Waals surface area contributed by atoms with Gasteiger partial charge in [-0.3, -0.25) is 0 Å². The first kappa shape index (κ1) is 13.0. The fourth-order valence-corrected chi connectivity index (χ4v) is 2.15. The molecule has 0 fully saturated rings. The number of para-hydroxylation sites is 1. The molecule has 0 saturated heterocycles. The molecule has 1 aliphatic heterocycles. The summed E-state index contributed by atoms with van der Waals surface area (Å²) in [6.07, 6.45) is 0. The fourth-order valence-electron chi connectivity index (χ4n) is 2.15. The number of rotatable bonds is 2. The smallest absolute Gasteiger partial charge is 0.0619 e. The topological polar surface area (TPSA) is 50.1 Å². The van der Waals surface area contributed by atoms with E-state index in [1.165, 1.54) is 5.57 Å². The van der Waals surface area contributed by atoms with Gasteiger partial charge in [-0.15, -0.1) is 0 Å². The maximum absolute atomic E-state index is 6.23. The molecule has 0 amide bonds. The van der Waals surface area contributed by atoms with Gasteiger partial charge in [0, 0.05) is 29.0 Å². The highest BCUT2D eigenvalue weighted by molar-refractivity contribution is 5.80. The van der Waals surface area contributed by atoms with E-state index < -0.39 is 0 Å². The number of nitrogens with one attached hydrogen (secondary N) is 2. The van der Waals surface area contributed by atoms with Gasteiger partial charge in [0.05, 0.1) is 6.04 Å². The summed E-state index contributed by atoms with van der Waals surface area (Å²) in [5.74, 6) is 0. The third-order valence-electron chi connectivity index (χ3n) is 3.33. The van der Waals surface area contributed by atoms with Gasteiger partial charge in [0.2, 0.25) is 0 Å². The van der Waals surface area contributed by atoms with Crippen LogP contribution in [0.5, 0.6) is 0 Å². The molecule has 3 nitrogen and oxygen atoms in total. The molecule has 3 heteroatoms. The Kier molecular flexibility index (Phi) is 3.35. The summed E-state index contributed by atoms with van der Waals surface area (Å²) in [6.45, 7) is 9.50. The third kappa shape index (κ3) is 2.67. The van der Waals surface area contributed by atoms with Crippen molar-refractivity contribution in [2.24, 2.45) is 5.73 Å². The van der Waals surface area contributed by atoms with Crippen molar-refractivity contribution in [1.82, 2.24) is 5.32 Å². The highest BCUT2D eigenvalue weighted by atomic mass is 15.0. The molecule has 0 radical (unpaired) electrons. The lowest BCUT2D eigenvalue weighted by atomic mass is 9.95. The average Bonchev–Trinajstić information content (AvgIpc) is 2.31. The van der Waals surface area contributed by atoms with E-state index >= 15 is 0 Å². The summed E-state index contributed by atoms with van der Waals surface area (Å²) in [6, 6.07) is 8.47. The monoisotopic (exact) mass is 245 g/mol. The SMILES string of the molecule is CC1=C(N)c2ccccc2NC1CNC(C)(C)C. The molecule has 1 aliphatic rings. The van der Waals surface area contributed by atoms with E-state index in [4.69, 9.17) is 5.73 Å². The zero-order valence-corrected chi connectivity index (χ0v) is 11.7. The first-order valence-electron chi connectivity index (χ1n) is 6.46. The summed E-state index contributed by atoms with van der Waals surface area (Å²) in [7, 11) is 0. The average molecular weight is 245 g/mol. The zero-order valence-electron chi connectivity index (χ0n) is 11.7. The molecule has 0 bridgehead atoms. The second-order valence-corrected chi connectivity index (χ2v) is 5.97. The van der Waals surface area contributed by atoms with Crippen LogP contribution in [0.25, 0.3) is 5.70 Å². The molecule has 0 spiro atoms. The van der Waals surface area contributed by atoms with E-state index in [0.717, 1.165) is 23.5 Å². The summed E-state index contributed by atoms with van der Waals surface area (Å²) < 4.78 is 0. The highest BCUT2D eigenvalue weighted by Crippen LogP contribution is 2.30. The molecule has 0 aliphatic carbocycles. The highest BCUT2D eigenvalue weighted by Gasteiger charge is 2.23. The second kappa shape index (κ2) is 4.65. The first-order chi connectivity index (χ1) is 8.38. The predicted molar refractivity (Wildman–Crippen MR) is 78.4 cm³/mol. The van der Waals surface area contributed by atoms with Crippen molar-refractivity contribution in [1.29, 1.82) is 0 Å². The van der Waals surface area contributed by atoms with Crippen LogP contribution < -0.4 is 16.4 Å². The van der Waals surface area contributed by atoms with E-state index in [-0.39, 0.29) is 11.6 Å². The lowest BCUT2D eigenvalue weighted by molar-refractivity contribution is 0.420. The standard InChI is InChI=1S/C15H23N3/c1-10-13(9-17-15(2,3)4)18-12-8-6-5-7-11(12)14(10)16/h5-8,13,17-18H,9,16H2,1-4H3.